The van der Waals surface area contributed by atoms with E-state index < -0.39 is 4.92 Å². The third-order valence-corrected chi connectivity index (χ3v) is 4.15. The third-order valence-electron chi connectivity index (χ3n) is 3.38. The zero-order valence-electron chi connectivity index (χ0n) is 12.6. The molecule has 9 heteroatoms. The Morgan fingerprint density at radius 1 is 1.38 bits per heavy atom. The van der Waals surface area contributed by atoms with Gasteiger partial charge in [0.05, 0.1) is 17.2 Å². The average molecular weight is 345 g/mol. The van der Waals surface area contributed by atoms with Crippen molar-refractivity contribution >= 4 is 33.6 Å². The molecule has 0 aliphatic carbocycles. The summed E-state index contributed by atoms with van der Waals surface area (Å²) in [5.41, 5.74) is 1.20. The van der Waals surface area contributed by atoms with E-state index in [1.807, 2.05) is 22.2 Å². The molecule has 3 aromatic rings. The highest BCUT2D eigenvalue weighted by atomic mass is 32.1. The molecule has 2 aromatic heterocycles. The first-order valence-corrected chi connectivity index (χ1v) is 8.16. The highest BCUT2D eigenvalue weighted by Crippen LogP contribution is 2.22. The Bertz CT molecular complexity index is 844. The molecule has 0 unspecified atom stereocenters. The van der Waals surface area contributed by atoms with Gasteiger partial charge in [-0.15, -0.1) is 11.3 Å². The van der Waals surface area contributed by atoms with Gasteiger partial charge in [-0.3, -0.25) is 19.3 Å². The second kappa shape index (κ2) is 7.09. The van der Waals surface area contributed by atoms with Crippen molar-refractivity contribution in [1.82, 2.24) is 14.7 Å². The monoisotopic (exact) mass is 345 g/mol. The van der Waals surface area contributed by atoms with Crippen LogP contribution in [0.15, 0.2) is 42.0 Å². The maximum atomic E-state index is 11.9. The van der Waals surface area contributed by atoms with Gasteiger partial charge in [-0.2, -0.15) is 0 Å². The first-order valence-electron chi connectivity index (χ1n) is 7.28. The van der Waals surface area contributed by atoms with Crippen LogP contribution in [0.4, 0.5) is 11.4 Å². The molecular weight excluding hydrogens is 330 g/mol. The van der Waals surface area contributed by atoms with Crippen LogP contribution >= 0.6 is 11.3 Å². The van der Waals surface area contributed by atoms with Gasteiger partial charge in [0, 0.05) is 36.8 Å². The minimum atomic E-state index is -0.452. The van der Waals surface area contributed by atoms with E-state index in [0.717, 1.165) is 10.7 Å². The Kier molecular flexibility index (Phi) is 4.71. The van der Waals surface area contributed by atoms with Crippen molar-refractivity contribution in [3.8, 4) is 0 Å². The topological polar surface area (TPSA) is 102 Å². The largest absolute Gasteiger partial charge is 0.379 e. The molecule has 24 heavy (non-hydrogen) atoms. The van der Waals surface area contributed by atoms with E-state index in [9.17, 15) is 14.9 Å². The van der Waals surface area contributed by atoms with Crippen molar-refractivity contribution in [3.05, 3.63) is 57.8 Å². The Hall–Kier alpha value is -2.94. The Labute approximate surface area is 141 Å². The summed E-state index contributed by atoms with van der Waals surface area (Å²) < 4.78 is 1.91. The summed E-state index contributed by atoms with van der Waals surface area (Å²) in [6.45, 7) is 0.674. The second-order valence-corrected chi connectivity index (χ2v) is 5.93. The molecule has 0 saturated heterocycles. The zero-order valence-corrected chi connectivity index (χ0v) is 13.5. The lowest BCUT2D eigenvalue weighted by atomic mass is 10.2. The number of carbonyl (C=O) groups is 1. The van der Waals surface area contributed by atoms with E-state index >= 15 is 0 Å². The van der Waals surface area contributed by atoms with E-state index in [-0.39, 0.29) is 18.0 Å². The molecule has 0 atom stereocenters. The number of anilines is 1. The minimum absolute atomic E-state index is 0.00371. The summed E-state index contributed by atoms with van der Waals surface area (Å²) in [4.78, 5) is 27.6. The average Bonchev–Trinajstić information content (AvgIpc) is 3.14. The number of imidazole rings is 1. The summed E-state index contributed by atoms with van der Waals surface area (Å²) in [7, 11) is 0. The Balaban J connectivity index is 1.46. The predicted octanol–water partition coefficient (Wildman–Crippen LogP) is 2.42. The number of benzene rings is 1. The Morgan fingerprint density at radius 3 is 3.00 bits per heavy atom. The van der Waals surface area contributed by atoms with E-state index in [1.165, 1.54) is 17.4 Å². The SMILES string of the molecule is O=C(CCNc1ccccc1[N+](=O)[O-])NCc1cn2ccsc2n1. The van der Waals surface area contributed by atoms with Gasteiger partial charge in [0.1, 0.15) is 5.69 Å². The normalized spacial score (nSPS) is 10.7. The lowest BCUT2D eigenvalue weighted by molar-refractivity contribution is -0.384. The summed E-state index contributed by atoms with van der Waals surface area (Å²) in [5, 5.41) is 18.6. The van der Waals surface area contributed by atoms with Gasteiger partial charge < -0.3 is 10.6 Å². The molecule has 1 amide bonds. The quantitative estimate of drug-likeness (QED) is 0.506. The number of para-hydroxylation sites is 2. The molecule has 0 fully saturated rings. The number of hydrogen-bond acceptors (Lipinski definition) is 6. The van der Waals surface area contributed by atoms with E-state index in [4.69, 9.17) is 0 Å². The van der Waals surface area contributed by atoms with Gasteiger partial charge in [-0.05, 0) is 6.07 Å². The number of aromatic nitrogens is 2. The number of nitro benzene ring substituents is 1. The number of rotatable bonds is 7. The molecule has 0 radical (unpaired) electrons. The van der Waals surface area contributed by atoms with Gasteiger partial charge in [0.15, 0.2) is 4.96 Å². The first kappa shape index (κ1) is 15.9. The van der Waals surface area contributed by atoms with Gasteiger partial charge in [-0.25, -0.2) is 4.98 Å². The maximum Gasteiger partial charge on any atom is 0.292 e. The van der Waals surface area contributed by atoms with Gasteiger partial charge >= 0.3 is 0 Å². The number of nitro groups is 1. The number of fused-ring (bicyclic) bond motifs is 1. The molecule has 2 N–H and O–H groups in total. The molecule has 124 valence electrons. The number of nitrogens with one attached hydrogen (secondary N) is 2. The van der Waals surface area contributed by atoms with E-state index in [1.54, 1.807) is 18.2 Å². The number of hydrogen-bond donors (Lipinski definition) is 2. The molecular formula is C15H15N5O3S. The fourth-order valence-electron chi connectivity index (χ4n) is 2.23. The number of nitrogens with zero attached hydrogens (tertiary/aromatic N) is 3. The summed E-state index contributed by atoms with van der Waals surface area (Å²) >= 11 is 1.53. The third kappa shape index (κ3) is 3.69. The summed E-state index contributed by atoms with van der Waals surface area (Å²) in [6.07, 6.45) is 4.00. The molecule has 2 heterocycles. The molecule has 0 aliphatic heterocycles. The zero-order chi connectivity index (χ0) is 16.9. The lowest BCUT2D eigenvalue weighted by Crippen LogP contribution is -2.25. The maximum absolute atomic E-state index is 11.9. The highest BCUT2D eigenvalue weighted by molar-refractivity contribution is 7.15. The van der Waals surface area contributed by atoms with Gasteiger partial charge in [-0.1, -0.05) is 12.1 Å². The lowest BCUT2D eigenvalue weighted by Gasteiger charge is -2.07. The fourth-order valence-corrected chi connectivity index (χ4v) is 2.95. The molecule has 0 bridgehead atoms. The second-order valence-electron chi connectivity index (χ2n) is 5.05. The number of amides is 1. The van der Waals surface area contributed by atoms with Crippen LogP contribution in [0.1, 0.15) is 12.1 Å². The van der Waals surface area contributed by atoms with Crippen molar-refractivity contribution in [2.45, 2.75) is 13.0 Å². The standard InChI is InChI=1S/C15H15N5O3S/c21-14(17-9-11-10-19-7-8-24-15(19)18-11)5-6-16-12-3-1-2-4-13(12)20(22)23/h1-4,7-8,10,16H,5-6,9H2,(H,17,21). The first-order chi connectivity index (χ1) is 11.6. The van der Waals surface area contributed by atoms with E-state index in [0.29, 0.717) is 18.8 Å². The predicted molar refractivity (Wildman–Crippen MR) is 91.1 cm³/mol. The van der Waals surface area contributed by atoms with Crippen LogP contribution in [0, 0.1) is 10.1 Å². The molecule has 0 aliphatic rings. The van der Waals surface area contributed by atoms with E-state index in [2.05, 4.69) is 15.6 Å². The van der Waals surface area contributed by atoms with Crippen LogP contribution in [-0.2, 0) is 11.3 Å². The Morgan fingerprint density at radius 2 is 2.21 bits per heavy atom. The van der Waals surface area contributed by atoms with Crippen LogP contribution in [0.5, 0.6) is 0 Å². The molecule has 8 nitrogen and oxygen atoms in total. The van der Waals surface area contributed by atoms with Crippen LogP contribution in [0.2, 0.25) is 0 Å². The highest BCUT2D eigenvalue weighted by Gasteiger charge is 2.12. The minimum Gasteiger partial charge on any atom is -0.379 e. The molecule has 1 aromatic carbocycles. The van der Waals surface area contributed by atoms with Crippen molar-refractivity contribution in [3.63, 3.8) is 0 Å². The van der Waals surface area contributed by atoms with Crippen LogP contribution < -0.4 is 10.6 Å². The number of thiazole rings is 1. The van der Waals surface area contributed by atoms with Crippen LogP contribution in [0.3, 0.4) is 0 Å². The summed E-state index contributed by atoms with van der Waals surface area (Å²) in [5.74, 6) is -0.141. The van der Waals surface area contributed by atoms with Crippen molar-refractivity contribution in [2.24, 2.45) is 0 Å². The van der Waals surface area contributed by atoms with Crippen LogP contribution in [-0.4, -0.2) is 26.8 Å². The molecule has 3 rings (SSSR count). The molecule has 0 saturated carbocycles. The van der Waals surface area contributed by atoms with Crippen LogP contribution in [0.25, 0.3) is 4.96 Å². The number of carbonyl (C=O) groups excluding carboxylic acids is 1. The van der Waals surface area contributed by atoms with Crippen molar-refractivity contribution in [1.29, 1.82) is 0 Å². The van der Waals surface area contributed by atoms with Gasteiger partial charge in [0.2, 0.25) is 5.91 Å². The smallest absolute Gasteiger partial charge is 0.292 e. The van der Waals surface area contributed by atoms with Crippen molar-refractivity contribution in [2.75, 3.05) is 11.9 Å². The fraction of sp³-hybridized carbons (Fsp3) is 0.200. The summed E-state index contributed by atoms with van der Waals surface area (Å²) in [6, 6.07) is 6.35. The van der Waals surface area contributed by atoms with Gasteiger partial charge in [0.25, 0.3) is 5.69 Å². The van der Waals surface area contributed by atoms with Crippen molar-refractivity contribution < 1.29 is 9.72 Å². The molecule has 0 spiro atoms.